The van der Waals surface area contributed by atoms with Crippen LogP contribution in [-0.4, -0.2) is 37.5 Å². The topological polar surface area (TPSA) is 38.8 Å². The van der Waals surface area contributed by atoms with Gasteiger partial charge in [-0.1, -0.05) is 0 Å². The molecule has 96 valence electrons. The number of ketones is 1. The van der Waals surface area contributed by atoms with Crippen LogP contribution in [0.25, 0.3) is 0 Å². The summed E-state index contributed by atoms with van der Waals surface area (Å²) in [5, 5.41) is 0. The SMILES string of the molecule is CC(=O)C1c2cc3c(cc2CCN1C)OCCO3. The van der Waals surface area contributed by atoms with Gasteiger partial charge >= 0.3 is 0 Å². The molecule has 18 heavy (non-hydrogen) atoms. The number of hydrogen-bond acceptors (Lipinski definition) is 4. The van der Waals surface area contributed by atoms with Crippen LogP contribution in [0.5, 0.6) is 11.5 Å². The number of rotatable bonds is 1. The second-order valence-electron chi connectivity index (χ2n) is 4.94. The molecule has 0 bridgehead atoms. The van der Waals surface area contributed by atoms with Gasteiger partial charge in [0.25, 0.3) is 0 Å². The lowest BCUT2D eigenvalue weighted by atomic mass is 9.90. The molecule has 0 fully saturated rings. The van der Waals surface area contributed by atoms with Gasteiger partial charge in [0, 0.05) is 6.54 Å². The molecule has 0 aromatic heterocycles. The molecule has 4 nitrogen and oxygen atoms in total. The maximum absolute atomic E-state index is 11.8. The van der Waals surface area contributed by atoms with E-state index in [4.69, 9.17) is 9.47 Å². The van der Waals surface area contributed by atoms with Crippen molar-refractivity contribution in [3.63, 3.8) is 0 Å². The van der Waals surface area contributed by atoms with Gasteiger partial charge in [-0.15, -0.1) is 0 Å². The molecule has 1 unspecified atom stereocenters. The number of carbonyl (C=O) groups is 1. The number of hydrogen-bond donors (Lipinski definition) is 0. The summed E-state index contributed by atoms with van der Waals surface area (Å²) in [6.07, 6.45) is 0.951. The van der Waals surface area contributed by atoms with Crippen molar-refractivity contribution in [1.82, 2.24) is 4.90 Å². The van der Waals surface area contributed by atoms with Crippen molar-refractivity contribution in [2.75, 3.05) is 26.8 Å². The number of fused-ring (bicyclic) bond motifs is 2. The Bertz CT molecular complexity index is 498. The molecule has 0 saturated heterocycles. The van der Waals surface area contributed by atoms with E-state index in [1.807, 2.05) is 19.2 Å². The van der Waals surface area contributed by atoms with Gasteiger partial charge in [0.2, 0.25) is 0 Å². The molecule has 1 atom stereocenters. The molecule has 0 aliphatic carbocycles. The molecular formula is C14H17NO3. The van der Waals surface area contributed by atoms with Crippen molar-refractivity contribution < 1.29 is 14.3 Å². The molecule has 0 saturated carbocycles. The molecule has 0 spiro atoms. The first-order chi connectivity index (χ1) is 8.66. The first kappa shape index (κ1) is 11.5. The molecular weight excluding hydrogens is 230 g/mol. The van der Waals surface area contributed by atoms with Crippen molar-refractivity contribution in [2.24, 2.45) is 0 Å². The van der Waals surface area contributed by atoms with Gasteiger partial charge in [-0.05, 0) is 43.7 Å². The monoisotopic (exact) mass is 247 g/mol. The zero-order chi connectivity index (χ0) is 12.7. The lowest BCUT2D eigenvalue weighted by Gasteiger charge is -2.34. The highest BCUT2D eigenvalue weighted by Crippen LogP contribution is 2.39. The van der Waals surface area contributed by atoms with Crippen LogP contribution in [0, 0.1) is 0 Å². The second kappa shape index (κ2) is 4.28. The van der Waals surface area contributed by atoms with E-state index in [1.54, 1.807) is 6.92 Å². The lowest BCUT2D eigenvalue weighted by molar-refractivity contribution is -0.122. The number of ether oxygens (including phenoxy) is 2. The van der Waals surface area contributed by atoms with Crippen LogP contribution in [0.2, 0.25) is 0 Å². The fourth-order valence-electron chi connectivity index (χ4n) is 2.81. The number of benzene rings is 1. The number of likely N-dealkylation sites (N-methyl/N-ethyl adjacent to an activating group) is 1. The highest BCUT2D eigenvalue weighted by atomic mass is 16.6. The molecule has 1 aromatic carbocycles. The Kier molecular flexibility index (Phi) is 2.74. The highest BCUT2D eigenvalue weighted by Gasteiger charge is 2.30. The van der Waals surface area contributed by atoms with E-state index in [2.05, 4.69) is 4.90 Å². The quantitative estimate of drug-likeness (QED) is 0.755. The molecule has 1 aromatic rings. The third-order valence-corrected chi connectivity index (χ3v) is 3.66. The smallest absolute Gasteiger partial charge is 0.161 e. The van der Waals surface area contributed by atoms with Crippen LogP contribution >= 0.6 is 0 Å². The van der Waals surface area contributed by atoms with E-state index in [9.17, 15) is 4.79 Å². The summed E-state index contributed by atoms with van der Waals surface area (Å²) in [4.78, 5) is 13.9. The van der Waals surface area contributed by atoms with Gasteiger partial charge in [-0.25, -0.2) is 0 Å². The largest absolute Gasteiger partial charge is 0.486 e. The summed E-state index contributed by atoms with van der Waals surface area (Å²) in [7, 11) is 1.99. The fourth-order valence-corrected chi connectivity index (χ4v) is 2.81. The Balaban J connectivity index is 2.09. The summed E-state index contributed by atoms with van der Waals surface area (Å²) < 4.78 is 11.2. The van der Waals surface area contributed by atoms with E-state index < -0.39 is 0 Å². The number of nitrogens with zero attached hydrogens (tertiary/aromatic N) is 1. The Morgan fingerprint density at radius 1 is 1.28 bits per heavy atom. The molecule has 0 amide bonds. The van der Waals surface area contributed by atoms with Crippen LogP contribution in [0.4, 0.5) is 0 Å². The summed E-state index contributed by atoms with van der Waals surface area (Å²) >= 11 is 0. The lowest BCUT2D eigenvalue weighted by Crippen LogP contribution is -2.36. The minimum absolute atomic E-state index is 0.149. The molecule has 4 heteroatoms. The van der Waals surface area contributed by atoms with Crippen LogP contribution in [0.3, 0.4) is 0 Å². The van der Waals surface area contributed by atoms with Crippen molar-refractivity contribution >= 4 is 5.78 Å². The summed E-state index contributed by atoms with van der Waals surface area (Å²) in [6.45, 7) is 3.72. The van der Waals surface area contributed by atoms with Crippen molar-refractivity contribution in [2.45, 2.75) is 19.4 Å². The van der Waals surface area contributed by atoms with Crippen LogP contribution in [0.1, 0.15) is 24.1 Å². The molecule has 2 aliphatic heterocycles. The van der Waals surface area contributed by atoms with Gasteiger partial charge in [0.15, 0.2) is 17.3 Å². The minimum Gasteiger partial charge on any atom is -0.486 e. The van der Waals surface area contributed by atoms with Gasteiger partial charge in [0.1, 0.15) is 13.2 Å². The summed E-state index contributed by atoms with van der Waals surface area (Å²) in [6, 6.07) is 3.86. The number of Topliss-reactive ketones (excluding diaryl/α,β-unsaturated/α-hetero) is 1. The molecule has 2 heterocycles. The van der Waals surface area contributed by atoms with Crippen molar-refractivity contribution in [1.29, 1.82) is 0 Å². The van der Waals surface area contributed by atoms with Gasteiger partial charge in [-0.2, -0.15) is 0 Å². The van der Waals surface area contributed by atoms with Crippen LogP contribution in [0.15, 0.2) is 12.1 Å². The van der Waals surface area contributed by atoms with Crippen molar-refractivity contribution in [3.8, 4) is 11.5 Å². The van der Waals surface area contributed by atoms with Crippen LogP contribution in [-0.2, 0) is 11.2 Å². The summed E-state index contributed by atoms with van der Waals surface area (Å²) in [5.41, 5.74) is 2.28. The van der Waals surface area contributed by atoms with E-state index in [1.165, 1.54) is 5.56 Å². The predicted octanol–water partition coefficient (Wildman–Crippen LogP) is 1.58. The average Bonchev–Trinajstić information content (AvgIpc) is 2.36. The zero-order valence-corrected chi connectivity index (χ0v) is 10.7. The Labute approximate surface area is 106 Å². The van der Waals surface area contributed by atoms with E-state index in [0.717, 1.165) is 30.0 Å². The normalized spacial score (nSPS) is 22.4. The third-order valence-electron chi connectivity index (χ3n) is 3.66. The zero-order valence-electron chi connectivity index (χ0n) is 10.7. The summed E-state index contributed by atoms with van der Waals surface area (Å²) in [5.74, 6) is 1.75. The van der Waals surface area contributed by atoms with Gasteiger partial charge in [-0.3, -0.25) is 9.69 Å². The molecule has 0 radical (unpaired) electrons. The van der Waals surface area contributed by atoms with Gasteiger partial charge in [0.05, 0.1) is 6.04 Å². The first-order valence-electron chi connectivity index (χ1n) is 6.30. The number of carbonyl (C=O) groups excluding carboxylic acids is 1. The van der Waals surface area contributed by atoms with E-state index >= 15 is 0 Å². The minimum atomic E-state index is -0.149. The van der Waals surface area contributed by atoms with E-state index in [0.29, 0.717) is 13.2 Å². The average molecular weight is 247 g/mol. The van der Waals surface area contributed by atoms with E-state index in [-0.39, 0.29) is 11.8 Å². The fraction of sp³-hybridized carbons (Fsp3) is 0.500. The first-order valence-corrected chi connectivity index (χ1v) is 6.30. The second-order valence-corrected chi connectivity index (χ2v) is 4.94. The highest BCUT2D eigenvalue weighted by molar-refractivity contribution is 5.84. The molecule has 3 rings (SSSR count). The Hall–Kier alpha value is -1.55. The standard InChI is InChI=1S/C14H17NO3/c1-9(16)14-11-8-13-12(17-5-6-18-13)7-10(11)3-4-15(14)2/h7-8,14H,3-6H2,1-2H3. The molecule has 2 aliphatic rings. The Morgan fingerprint density at radius 2 is 1.94 bits per heavy atom. The van der Waals surface area contributed by atoms with Crippen molar-refractivity contribution in [3.05, 3.63) is 23.3 Å². The predicted molar refractivity (Wildman–Crippen MR) is 67.2 cm³/mol. The van der Waals surface area contributed by atoms with Crippen LogP contribution < -0.4 is 9.47 Å². The molecule has 0 N–H and O–H groups in total. The Morgan fingerprint density at radius 3 is 2.61 bits per heavy atom. The maximum atomic E-state index is 11.8. The third kappa shape index (κ3) is 1.77. The van der Waals surface area contributed by atoms with Gasteiger partial charge < -0.3 is 9.47 Å². The maximum Gasteiger partial charge on any atom is 0.161 e.